The Hall–Kier alpha value is -1.59. The highest BCUT2D eigenvalue weighted by atomic mass is 16.2. The molecule has 94 valence electrons. The van der Waals surface area contributed by atoms with Crippen LogP contribution in [0.15, 0.2) is 12.4 Å². The molecule has 2 N–H and O–H groups in total. The summed E-state index contributed by atoms with van der Waals surface area (Å²) in [5, 5.41) is 13.4. The number of carbonyl (C=O) groups excluding carboxylic acids is 1. The average molecular weight is 237 g/mol. The van der Waals surface area contributed by atoms with E-state index in [0.717, 1.165) is 12.8 Å². The van der Waals surface area contributed by atoms with Crippen molar-refractivity contribution in [1.82, 2.24) is 25.6 Å². The van der Waals surface area contributed by atoms with Crippen molar-refractivity contribution >= 4 is 6.03 Å². The van der Waals surface area contributed by atoms with Crippen LogP contribution in [0.2, 0.25) is 0 Å². The van der Waals surface area contributed by atoms with E-state index in [2.05, 4.69) is 20.9 Å². The third kappa shape index (κ3) is 4.05. The standard InChI is InChI=1S/C11H19N5O/c17-11(14-10-4-2-1-3-5-10)12-6-8-16-9-7-13-15-16/h7,9-10H,1-6,8H2,(H2,12,14,17). The van der Waals surface area contributed by atoms with Gasteiger partial charge < -0.3 is 10.6 Å². The van der Waals surface area contributed by atoms with Crippen LogP contribution in [0.4, 0.5) is 4.79 Å². The van der Waals surface area contributed by atoms with E-state index < -0.39 is 0 Å². The number of hydrogen-bond donors (Lipinski definition) is 2. The number of amides is 2. The van der Waals surface area contributed by atoms with Gasteiger partial charge in [-0.25, -0.2) is 4.79 Å². The summed E-state index contributed by atoms with van der Waals surface area (Å²) in [4.78, 5) is 11.6. The van der Waals surface area contributed by atoms with Gasteiger partial charge in [0.1, 0.15) is 0 Å². The summed E-state index contributed by atoms with van der Waals surface area (Å²) in [6.07, 6.45) is 9.37. The monoisotopic (exact) mass is 237 g/mol. The lowest BCUT2D eigenvalue weighted by atomic mass is 9.96. The molecule has 0 aliphatic heterocycles. The van der Waals surface area contributed by atoms with E-state index in [0.29, 0.717) is 19.1 Å². The zero-order chi connectivity index (χ0) is 11.9. The quantitative estimate of drug-likeness (QED) is 0.817. The number of hydrogen-bond acceptors (Lipinski definition) is 3. The number of urea groups is 1. The van der Waals surface area contributed by atoms with Crippen molar-refractivity contribution in [1.29, 1.82) is 0 Å². The molecule has 0 atom stereocenters. The van der Waals surface area contributed by atoms with Crippen LogP contribution in [-0.4, -0.2) is 33.6 Å². The summed E-state index contributed by atoms with van der Waals surface area (Å²) < 4.78 is 1.70. The maximum atomic E-state index is 11.6. The van der Waals surface area contributed by atoms with Crippen molar-refractivity contribution in [3.05, 3.63) is 12.4 Å². The Morgan fingerprint density at radius 1 is 1.35 bits per heavy atom. The Bertz CT molecular complexity index is 332. The number of rotatable bonds is 4. The van der Waals surface area contributed by atoms with Gasteiger partial charge in [0.2, 0.25) is 0 Å². The van der Waals surface area contributed by atoms with E-state index in [1.165, 1.54) is 19.3 Å². The smallest absolute Gasteiger partial charge is 0.315 e. The predicted octanol–water partition coefficient (Wildman–Crippen LogP) is 0.910. The minimum atomic E-state index is -0.0722. The molecule has 17 heavy (non-hydrogen) atoms. The molecular weight excluding hydrogens is 218 g/mol. The highest BCUT2D eigenvalue weighted by Crippen LogP contribution is 2.16. The normalized spacial score (nSPS) is 16.7. The molecule has 0 radical (unpaired) electrons. The molecule has 2 amide bonds. The fourth-order valence-electron chi connectivity index (χ4n) is 2.12. The van der Waals surface area contributed by atoms with Crippen LogP contribution in [-0.2, 0) is 6.54 Å². The van der Waals surface area contributed by atoms with Gasteiger partial charge in [0, 0.05) is 18.8 Å². The minimum Gasteiger partial charge on any atom is -0.336 e. The highest BCUT2D eigenvalue weighted by Gasteiger charge is 2.14. The molecule has 1 aromatic heterocycles. The molecule has 1 saturated carbocycles. The summed E-state index contributed by atoms with van der Waals surface area (Å²) in [6.45, 7) is 1.22. The summed E-state index contributed by atoms with van der Waals surface area (Å²) in [5.74, 6) is 0. The molecule has 6 nitrogen and oxygen atoms in total. The number of nitrogens with one attached hydrogen (secondary N) is 2. The van der Waals surface area contributed by atoms with Crippen LogP contribution in [0.25, 0.3) is 0 Å². The van der Waals surface area contributed by atoms with Crippen LogP contribution in [0, 0.1) is 0 Å². The summed E-state index contributed by atoms with van der Waals surface area (Å²) in [5.41, 5.74) is 0. The zero-order valence-electron chi connectivity index (χ0n) is 9.93. The Kier molecular flexibility index (Phi) is 4.35. The van der Waals surface area contributed by atoms with Gasteiger partial charge in [0.15, 0.2) is 0 Å². The van der Waals surface area contributed by atoms with E-state index in [1.54, 1.807) is 17.1 Å². The molecule has 0 saturated heterocycles. The van der Waals surface area contributed by atoms with Gasteiger partial charge in [0.25, 0.3) is 0 Å². The Morgan fingerprint density at radius 2 is 2.18 bits per heavy atom. The van der Waals surface area contributed by atoms with E-state index in [4.69, 9.17) is 0 Å². The van der Waals surface area contributed by atoms with E-state index in [1.807, 2.05) is 0 Å². The molecule has 1 aromatic rings. The topological polar surface area (TPSA) is 71.8 Å². The summed E-state index contributed by atoms with van der Waals surface area (Å²) in [6, 6.07) is 0.284. The molecule has 0 bridgehead atoms. The molecule has 1 aliphatic rings. The van der Waals surface area contributed by atoms with Crippen LogP contribution in [0.3, 0.4) is 0 Å². The number of aromatic nitrogens is 3. The molecule has 0 unspecified atom stereocenters. The zero-order valence-corrected chi connectivity index (χ0v) is 9.93. The minimum absolute atomic E-state index is 0.0722. The Balaban J connectivity index is 1.60. The van der Waals surface area contributed by atoms with Gasteiger partial charge in [0.05, 0.1) is 12.7 Å². The van der Waals surface area contributed by atoms with Gasteiger partial charge in [-0.2, -0.15) is 0 Å². The summed E-state index contributed by atoms with van der Waals surface area (Å²) in [7, 11) is 0. The fraction of sp³-hybridized carbons (Fsp3) is 0.727. The third-order valence-corrected chi connectivity index (χ3v) is 3.04. The Morgan fingerprint density at radius 3 is 2.88 bits per heavy atom. The second-order valence-corrected chi connectivity index (χ2v) is 4.40. The molecule has 0 aromatic carbocycles. The molecule has 6 heteroatoms. The van der Waals surface area contributed by atoms with Crippen molar-refractivity contribution < 1.29 is 4.79 Å². The van der Waals surface area contributed by atoms with Crippen molar-refractivity contribution in [2.75, 3.05) is 6.54 Å². The van der Waals surface area contributed by atoms with Gasteiger partial charge in [-0.3, -0.25) is 4.68 Å². The maximum Gasteiger partial charge on any atom is 0.315 e. The molecule has 2 rings (SSSR count). The van der Waals surface area contributed by atoms with Crippen LogP contribution in [0.5, 0.6) is 0 Å². The molecular formula is C11H19N5O. The average Bonchev–Trinajstić information content (AvgIpc) is 2.83. The third-order valence-electron chi connectivity index (χ3n) is 3.04. The Labute approximate surface area is 101 Å². The van der Waals surface area contributed by atoms with E-state index in [-0.39, 0.29) is 6.03 Å². The molecule has 1 aliphatic carbocycles. The second-order valence-electron chi connectivity index (χ2n) is 4.40. The van der Waals surface area contributed by atoms with Crippen molar-refractivity contribution in [3.63, 3.8) is 0 Å². The lowest BCUT2D eigenvalue weighted by Crippen LogP contribution is -2.43. The lowest BCUT2D eigenvalue weighted by molar-refractivity contribution is 0.232. The van der Waals surface area contributed by atoms with E-state index in [9.17, 15) is 4.79 Å². The second kappa shape index (κ2) is 6.22. The van der Waals surface area contributed by atoms with Gasteiger partial charge >= 0.3 is 6.03 Å². The van der Waals surface area contributed by atoms with Crippen molar-refractivity contribution in [3.8, 4) is 0 Å². The fourth-order valence-corrected chi connectivity index (χ4v) is 2.12. The first-order valence-electron chi connectivity index (χ1n) is 6.23. The van der Waals surface area contributed by atoms with E-state index >= 15 is 0 Å². The highest BCUT2D eigenvalue weighted by molar-refractivity contribution is 5.74. The molecule has 0 spiro atoms. The lowest BCUT2D eigenvalue weighted by Gasteiger charge is -2.22. The van der Waals surface area contributed by atoms with Crippen molar-refractivity contribution in [2.45, 2.75) is 44.7 Å². The van der Waals surface area contributed by atoms with Gasteiger partial charge in [-0.15, -0.1) is 5.10 Å². The first-order chi connectivity index (χ1) is 8.34. The van der Waals surface area contributed by atoms with Crippen molar-refractivity contribution in [2.24, 2.45) is 0 Å². The van der Waals surface area contributed by atoms with Gasteiger partial charge in [-0.05, 0) is 12.8 Å². The first kappa shape index (κ1) is 11.9. The molecule has 1 heterocycles. The SMILES string of the molecule is O=C(NCCn1ccnn1)NC1CCCCC1. The number of carbonyl (C=O) groups is 1. The number of nitrogens with zero attached hydrogens (tertiary/aromatic N) is 3. The predicted molar refractivity (Wildman–Crippen MR) is 63.4 cm³/mol. The maximum absolute atomic E-state index is 11.6. The van der Waals surface area contributed by atoms with Crippen LogP contribution < -0.4 is 10.6 Å². The molecule has 1 fully saturated rings. The summed E-state index contributed by atoms with van der Waals surface area (Å²) >= 11 is 0. The van der Waals surface area contributed by atoms with Gasteiger partial charge in [-0.1, -0.05) is 24.5 Å². The first-order valence-corrected chi connectivity index (χ1v) is 6.23. The largest absolute Gasteiger partial charge is 0.336 e. The van der Waals surface area contributed by atoms with Crippen LogP contribution in [0.1, 0.15) is 32.1 Å². The van der Waals surface area contributed by atoms with Crippen LogP contribution >= 0.6 is 0 Å².